The third kappa shape index (κ3) is 7.94. The topological polar surface area (TPSA) is 27.7 Å². The van der Waals surface area contributed by atoms with Crippen molar-refractivity contribution in [1.82, 2.24) is 0 Å². The Morgan fingerprint density at radius 3 is 2.21 bits per heavy atom. The van der Waals surface area contributed by atoms with Crippen LogP contribution in [0, 0.1) is 0 Å². The van der Waals surface area contributed by atoms with Crippen LogP contribution in [0.4, 0.5) is 0 Å². The molecular weight excluding hydrogens is 408 g/mol. The average molecular weight is 447 g/mol. The van der Waals surface area contributed by atoms with Crippen molar-refractivity contribution >= 4 is 0 Å². The first kappa shape index (κ1) is 24.9. The monoisotopic (exact) mass is 446 g/mol. The summed E-state index contributed by atoms with van der Waals surface area (Å²) in [5, 5.41) is 0. The number of unbranched alkanes of at least 4 members (excludes halogenated alkanes) is 1. The van der Waals surface area contributed by atoms with Crippen LogP contribution in [0.3, 0.4) is 0 Å². The fourth-order valence-electron chi connectivity index (χ4n) is 3.71. The van der Waals surface area contributed by atoms with Crippen LogP contribution < -0.4 is 9.47 Å². The third-order valence-corrected chi connectivity index (χ3v) is 5.94. The zero-order chi connectivity index (χ0) is 23.3. The quantitative estimate of drug-likeness (QED) is 0.184. The molecule has 3 rings (SSSR count). The van der Waals surface area contributed by atoms with Crippen LogP contribution in [-0.2, 0) is 4.74 Å². The fourth-order valence-corrected chi connectivity index (χ4v) is 3.71. The van der Waals surface area contributed by atoms with Crippen LogP contribution in [-0.4, -0.2) is 19.5 Å². The molecule has 3 aromatic carbocycles. The van der Waals surface area contributed by atoms with Crippen molar-refractivity contribution in [3.8, 4) is 22.6 Å². The van der Waals surface area contributed by atoms with E-state index < -0.39 is 0 Å². The van der Waals surface area contributed by atoms with Gasteiger partial charge in [0.05, 0.1) is 13.2 Å². The van der Waals surface area contributed by atoms with Gasteiger partial charge in [0.25, 0.3) is 0 Å². The zero-order valence-electron chi connectivity index (χ0n) is 20.3. The maximum atomic E-state index is 6.16. The van der Waals surface area contributed by atoms with E-state index in [0.717, 1.165) is 54.7 Å². The van der Waals surface area contributed by atoms with E-state index >= 15 is 0 Å². The summed E-state index contributed by atoms with van der Waals surface area (Å²) in [5.74, 6) is 2.35. The zero-order valence-corrected chi connectivity index (χ0v) is 20.3. The van der Waals surface area contributed by atoms with E-state index in [-0.39, 0.29) is 6.29 Å². The van der Waals surface area contributed by atoms with Crippen molar-refractivity contribution in [1.29, 1.82) is 0 Å². The van der Waals surface area contributed by atoms with Gasteiger partial charge >= 0.3 is 0 Å². The molecule has 0 N–H and O–H groups in total. The van der Waals surface area contributed by atoms with Gasteiger partial charge in [0, 0.05) is 18.4 Å². The molecule has 33 heavy (non-hydrogen) atoms. The molecule has 0 saturated carbocycles. The lowest BCUT2D eigenvalue weighted by Gasteiger charge is -2.20. The lowest BCUT2D eigenvalue weighted by molar-refractivity contribution is -0.0875. The first-order valence-corrected chi connectivity index (χ1v) is 12.4. The van der Waals surface area contributed by atoms with Gasteiger partial charge in [0.2, 0.25) is 0 Å². The van der Waals surface area contributed by atoms with Gasteiger partial charge in [-0.3, -0.25) is 0 Å². The maximum absolute atomic E-state index is 6.16. The number of para-hydroxylation sites is 1. The Morgan fingerprint density at radius 1 is 0.758 bits per heavy atom. The lowest BCUT2D eigenvalue weighted by Crippen LogP contribution is -2.22. The SMILES string of the molecule is CCCCC(OCCCOc1ccccc1-c1ccccc1)Oc1ccc(C(C)CC)cc1. The molecule has 0 radical (unpaired) electrons. The van der Waals surface area contributed by atoms with Crippen molar-refractivity contribution in [2.45, 2.75) is 65.1 Å². The Morgan fingerprint density at radius 2 is 1.48 bits per heavy atom. The minimum Gasteiger partial charge on any atom is -0.493 e. The van der Waals surface area contributed by atoms with E-state index in [1.165, 1.54) is 5.56 Å². The van der Waals surface area contributed by atoms with Gasteiger partial charge in [0.15, 0.2) is 6.29 Å². The summed E-state index contributed by atoms with van der Waals surface area (Å²) >= 11 is 0. The molecule has 0 amide bonds. The van der Waals surface area contributed by atoms with Crippen LogP contribution in [0.2, 0.25) is 0 Å². The molecule has 3 aromatic rings. The number of hydrogen-bond acceptors (Lipinski definition) is 3. The Hall–Kier alpha value is -2.78. The lowest BCUT2D eigenvalue weighted by atomic mass is 9.99. The molecular formula is C30H38O3. The summed E-state index contributed by atoms with van der Waals surface area (Å²) < 4.78 is 18.4. The Kier molecular flexibility index (Phi) is 10.3. The van der Waals surface area contributed by atoms with Crippen molar-refractivity contribution < 1.29 is 14.2 Å². The summed E-state index contributed by atoms with van der Waals surface area (Å²) in [4.78, 5) is 0. The Balaban J connectivity index is 1.48. The maximum Gasteiger partial charge on any atom is 0.199 e. The molecule has 0 aliphatic heterocycles. The highest BCUT2D eigenvalue weighted by Crippen LogP contribution is 2.29. The van der Waals surface area contributed by atoms with Gasteiger partial charge in [-0.2, -0.15) is 0 Å². The molecule has 3 heteroatoms. The predicted molar refractivity (Wildman–Crippen MR) is 137 cm³/mol. The van der Waals surface area contributed by atoms with E-state index in [1.807, 2.05) is 36.4 Å². The smallest absolute Gasteiger partial charge is 0.199 e. The van der Waals surface area contributed by atoms with Crippen LogP contribution >= 0.6 is 0 Å². The van der Waals surface area contributed by atoms with Crippen LogP contribution in [0.15, 0.2) is 78.9 Å². The molecule has 0 heterocycles. The highest BCUT2D eigenvalue weighted by atomic mass is 16.7. The predicted octanol–water partition coefficient (Wildman–Crippen LogP) is 8.25. The first-order chi connectivity index (χ1) is 16.2. The van der Waals surface area contributed by atoms with E-state index in [0.29, 0.717) is 19.1 Å². The summed E-state index contributed by atoms with van der Waals surface area (Å²) in [7, 11) is 0. The largest absolute Gasteiger partial charge is 0.493 e. The molecule has 0 aliphatic rings. The van der Waals surface area contributed by atoms with Gasteiger partial charge in [-0.05, 0) is 48.1 Å². The van der Waals surface area contributed by atoms with E-state index in [1.54, 1.807) is 0 Å². The Labute approximate surface area is 199 Å². The molecule has 0 aliphatic carbocycles. The van der Waals surface area contributed by atoms with Crippen LogP contribution in [0.25, 0.3) is 11.1 Å². The van der Waals surface area contributed by atoms with Crippen molar-refractivity contribution in [3.05, 3.63) is 84.4 Å². The standard InChI is InChI=1S/C30H38O3/c1-4-6-17-30(33-27-20-18-25(19-21-27)24(3)5-2)32-23-12-22-31-29-16-11-10-15-28(29)26-13-8-7-9-14-26/h7-11,13-16,18-21,24,30H,4-6,12,17,22-23H2,1-3H3. The van der Waals surface area contributed by atoms with Gasteiger partial charge in [-0.15, -0.1) is 0 Å². The summed E-state index contributed by atoms with van der Waals surface area (Å²) in [6.07, 6.45) is 4.81. The minimum absolute atomic E-state index is 0.226. The van der Waals surface area contributed by atoms with E-state index in [9.17, 15) is 0 Å². The normalized spacial score (nSPS) is 12.8. The Bertz CT molecular complexity index is 921. The third-order valence-electron chi connectivity index (χ3n) is 5.94. The van der Waals surface area contributed by atoms with E-state index in [2.05, 4.69) is 63.2 Å². The number of rotatable bonds is 14. The molecule has 176 valence electrons. The van der Waals surface area contributed by atoms with Crippen LogP contribution in [0.5, 0.6) is 11.5 Å². The highest BCUT2D eigenvalue weighted by Gasteiger charge is 2.12. The summed E-state index contributed by atoms with van der Waals surface area (Å²) in [6, 6.07) is 27.0. The number of ether oxygens (including phenoxy) is 3. The van der Waals surface area contributed by atoms with Crippen molar-refractivity contribution in [3.63, 3.8) is 0 Å². The van der Waals surface area contributed by atoms with Crippen LogP contribution in [0.1, 0.15) is 64.4 Å². The molecule has 0 fully saturated rings. The van der Waals surface area contributed by atoms with Gasteiger partial charge < -0.3 is 14.2 Å². The molecule has 0 bridgehead atoms. The molecule has 0 saturated heterocycles. The minimum atomic E-state index is -0.226. The molecule has 2 atom stereocenters. The molecule has 0 aromatic heterocycles. The molecule has 0 spiro atoms. The summed E-state index contributed by atoms with van der Waals surface area (Å²) in [6.45, 7) is 7.87. The number of hydrogen-bond donors (Lipinski definition) is 0. The first-order valence-electron chi connectivity index (χ1n) is 12.4. The summed E-state index contributed by atoms with van der Waals surface area (Å²) in [5.41, 5.74) is 3.63. The second kappa shape index (κ2) is 13.7. The van der Waals surface area contributed by atoms with Crippen molar-refractivity contribution in [2.75, 3.05) is 13.2 Å². The van der Waals surface area contributed by atoms with Gasteiger partial charge in [-0.25, -0.2) is 0 Å². The molecule has 2 unspecified atom stereocenters. The fraction of sp³-hybridized carbons (Fsp3) is 0.400. The second-order valence-electron chi connectivity index (χ2n) is 8.50. The van der Waals surface area contributed by atoms with Gasteiger partial charge in [0.1, 0.15) is 11.5 Å². The van der Waals surface area contributed by atoms with Crippen molar-refractivity contribution in [2.24, 2.45) is 0 Å². The van der Waals surface area contributed by atoms with E-state index in [4.69, 9.17) is 14.2 Å². The number of benzene rings is 3. The average Bonchev–Trinajstić information content (AvgIpc) is 2.87. The molecule has 3 nitrogen and oxygen atoms in total. The van der Waals surface area contributed by atoms with Gasteiger partial charge in [-0.1, -0.05) is 87.9 Å². The highest BCUT2D eigenvalue weighted by molar-refractivity contribution is 5.70. The second-order valence-corrected chi connectivity index (χ2v) is 8.50.